The van der Waals surface area contributed by atoms with Crippen LogP contribution in [-0.4, -0.2) is 32.6 Å². The summed E-state index contributed by atoms with van der Waals surface area (Å²) in [5.41, 5.74) is 2.43. The Morgan fingerprint density at radius 1 is 1.37 bits per heavy atom. The van der Waals surface area contributed by atoms with Crippen LogP contribution in [0.4, 0.5) is 0 Å². The monoisotopic (exact) mass is 260 g/mol. The highest BCUT2D eigenvalue weighted by atomic mass is 16.4. The van der Waals surface area contributed by atoms with Crippen molar-refractivity contribution in [2.45, 2.75) is 20.0 Å². The third-order valence-electron chi connectivity index (χ3n) is 2.73. The predicted molar refractivity (Wildman–Crippen MR) is 69.9 cm³/mol. The minimum Gasteiger partial charge on any atom is -0.476 e. The Labute approximate surface area is 111 Å². The van der Waals surface area contributed by atoms with E-state index in [0.717, 1.165) is 6.54 Å². The molecule has 0 saturated carbocycles. The number of carbonyl (C=O) groups is 1. The van der Waals surface area contributed by atoms with E-state index >= 15 is 0 Å². The first-order chi connectivity index (χ1) is 9.15. The zero-order chi connectivity index (χ0) is 13.7. The van der Waals surface area contributed by atoms with Gasteiger partial charge in [-0.15, -0.1) is 5.10 Å². The van der Waals surface area contributed by atoms with Crippen molar-refractivity contribution in [1.29, 1.82) is 0 Å². The van der Waals surface area contributed by atoms with Gasteiger partial charge in [0.15, 0.2) is 5.69 Å². The number of carboxylic acid groups (broad SMARTS) is 1. The first-order valence-corrected chi connectivity index (χ1v) is 6.05. The highest BCUT2D eigenvalue weighted by Gasteiger charge is 2.07. The molecular weight excluding hydrogens is 244 g/mol. The zero-order valence-electron chi connectivity index (χ0n) is 10.7. The second kappa shape index (κ2) is 6.10. The minimum atomic E-state index is -1.06. The Bertz CT molecular complexity index is 548. The molecule has 0 spiro atoms. The normalized spacial score (nSPS) is 10.6. The van der Waals surface area contributed by atoms with Crippen LogP contribution >= 0.6 is 0 Å². The summed E-state index contributed by atoms with van der Waals surface area (Å²) < 4.78 is 1.52. The van der Waals surface area contributed by atoms with Crippen LogP contribution in [0.3, 0.4) is 0 Å². The van der Waals surface area contributed by atoms with Crippen LogP contribution in [0.5, 0.6) is 0 Å². The maximum atomic E-state index is 10.6. The number of aryl methyl sites for hydroxylation is 1. The van der Waals surface area contributed by atoms with Gasteiger partial charge in [-0.25, -0.2) is 4.79 Å². The largest absolute Gasteiger partial charge is 0.476 e. The third-order valence-corrected chi connectivity index (χ3v) is 2.73. The number of rotatable bonds is 6. The summed E-state index contributed by atoms with van der Waals surface area (Å²) in [6.07, 6.45) is 1.43. The predicted octanol–water partition coefficient (Wildman–Crippen LogP) is 1.07. The standard InChI is InChI=1S/C13H16N4O2/c1-10-2-4-11(5-3-10)8-14-6-7-17-9-12(13(18)19)15-16-17/h2-5,9,14H,6-8H2,1H3,(H,18,19). The first kappa shape index (κ1) is 13.2. The lowest BCUT2D eigenvalue weighted by atomic mass is 10.1. The number of nitrogens with zero attached hydrogens (tertiary/aromatic N) is 3. The first-order valence-electron chi connectivity index (χ1n) is 6.05. The molecule has 1 aromatic heterocycles. The molecule has 0 amide bonds. The van der Waals surface area contributed by atoms with Gasteiger partial charge in [-0.05, 0) is 12.5 Å². The molecule has 0 saturated heterocycles. The van der Waals surface area contributed by atoms with Crippen molar-refractivity contribution in [3.63, 3.8) is 0 Å². The van der Waals surface area contributed by atoms with Gasteiger partial charge >= 0.3 is 5.97 Å². The molecule has 6 heteroatoms. The maximum absolute atomic E-state index is 10.6. The van der Waals surface area contributed by atoms with Crippen LogP contribution < -0.4 is 5.32 Å². The highest BCUT2D eigenvalue weighted by molar-refractivity contribution is 5.84. The number of nitrogens with one attached hydrogen (secondary N) is 1. The van der Waals surface area contributed by atoms with Gasteiger partial charge in [0.1, 0.15) is 0 Å². The van der Waals surface area contributed by atoms with Gasteiger partial charge in [-0.1, -0.05) is 35.0 Å². The van der Waals surface area contributed by atoms with Gasteiger partial charge in [0, 0.05) is 13.1 Å². The molecule has 0 bridgehead atoms. The Kier molecular flexibility index (Phi) is 4.25. The van der Waals surface area contributed by atoms with Crippen LogP contribution in [0.2, 0.25) is 0 Å². The van der Waals surface area contributed by atoms with Crippen molar-refractivity contribution >= 4 is 5.97 Å². The molecule has 2 N–H and O–H groups in total. The molecule has 6 nitrogen and oxygen atoms in total. The van der Waals surface area contributed by atoms with Crippen LogP contribution in [0.25, 0.3) is 0 Å². The van der Waals surface area contributed by atoms with Gasteiger partial charge in [0.2, 0.25) is 0 Å². The molecule has 0 aliphatic carbocycles. The number of hydrogen-bond acceptors (Lipinski definition) is 4. The molecule has 0 atom stereocenters. The molecule has 0 fully saturated rings. The van der Waals surface area contributed by atoms with Crippen LogP contribution in [0.1, 0.15) is 21.6 Å². The fraction of sp³-hybridized carbons (Fsp3) is 0.308. The average Bonchev–Trinajstić information content (AvgIpc) is 2.86. The lowest BCUT2D eigenvalue weighted by molar-refractivity contribution is 0.0690. The molecule has 19 heavy (non-hydrogen) atoms. The molecule has 1 aromatic carbocycles. The summed E-state index contributed by atoms with van der Waals surface area (Å²) >= 11 is 0. The summed E-state index contributed by atoms with van der Waals surface area (Å²) in [6, 6.07) is 8.32. The third kappa shape index (κ3) is 3.89. The number of aromatic carboxylic acids is 1. The van der Waals surface area contributed by atoms with Gasteiger partial charge < -0.3 is 10.4 Å². The summed E-state index contributed by atoms with van der Waals surface area (Å²) in [5, 5.41) is 19.3. The van der Waals surface area contributed by atoms with E-state index in [1.807, 2.05) is 0 Å². The van der Waals surface area contributed by atoms with Gasteiger partial charge in [0.05, 0.1) is 12.7 Å². The SMILES string of the molecule is Cc1ccc(CNCCn2cc(C(=O)O)nn2)cc1. The Morgan fingerprint density at radius 2 is 2.11 bits per heavy atom. The summed E-state index contributed by atoms with van der Waals surface area (Å²) in [5.74, 6) is -1.06. The molecule has 0 unspecified atom stereocenters. The van der Waals surface area contributed by atoms with Crippen molar-refractivity contribution in [2.75, 3.05) is 6.54 Å². The van der Waals surface area contributed by atoms with Gasteiger partial charge in [0.25, 0.3) is 0 Å². The maximum Gasteiger partial charge on any atom is 0.358 e. The molecule has 0 radical (unpaired) electrons. The smallest absolute Gasteiger partial charge is 0.358 e. The topological polar surface area (TPSA) is 80.0 Å². The van der Waals surface area contributed by atoms with Gasteiger partial charge in [-0.3, -0.25) is 4.68 Å². The van der Waals surface area contributed by atoms with Crippen LogP contribution in [0, 0.1) is 6.92 Å². The Hall–Kier alpha value is -2.21. The Morgan fingerprint density at radius 3 is 2.74 bits per heavy atom. The second-order valence-electron chi connectivity index (χ2n) is 4.33. The summed E-state index contributed by atoms with van der Waals surface area (Å²) in [7, 11) is 0. The molecule has 2 aromatic rings. The van der Waals surface area contributed by atoms with Gasteiger partial charge in [-0.2, -0.15) is 0 Å². The van der Waals surface area contributed by atoms with E-state index in [0.29, 0.717) is 13.1 Å². The molecule has 1 heterocycles. The number of aromatic nitrogens is 3. The summed E-state index contributed by atoms with van der Waals surface area (Å²) in [6.45, 7) is 4.13. The Balaban J connectivity index is 1.74. The van der Waals surface area contributed by atoms with Crippen molar-refractivity contribution < 1.29 is 9.90 Å². The number of hydrogen-bond donors (Lipinski definition) is 2. The lowest BCUT2D eigenvalue weighted by Crippen LogP contribution is -2.19. The lowest BCUT2D eigenvalue weighted by Gasteiger charge is -2.05. The molecule has 100 valence electrons. The fourth-order valence-electron chi connectivity index (χ4n) is 1.64. The highest BCUT2D eigenvalue weighted by Crippen LogP contribution is 2.02. The van der Waals surface area contributed by atoms with Crippen molar-refractivity contribution in [2.24, 2.45) is 0 Å². The van der Waals surface area contributed by atoms with Crippen LogP contribution in [-0.2, 0) is 13.1 Å². The van der Waals surface area contributed by atoms with E-state index in [2.05, 4.69) is 46.8 Å². The molecule has 0 aliphatic heterocycles. The van der Waals surface area contributed by atoms with E-state index in [9.17, 15) is 4.79 Å². The number of benzene rings is 1. The molecule has 0 aliphatic rings. The van der Waals surface area contributed by atoms with E-state index in [1.165, 1.54) is 22.0 Å². The van der Waals surface area contributed by atoms with E-state index < -0.39 is 5.97 Å². The molecular formula is C13H16N4O2. The minimum absolute atomic E-state index is 0.0291. The van der Waals surface area contributed by atoms with Crippen molar-refractivity contribution in [3.8, 4) is 0 Å². The van der Waals surface area contributed by atoms with Crippen molar-refractivity contribution in [1.82, 2.24) is 20.3 Å². The number of carboxylic acids is 1. The summed E-state index contributed by atoms with van der Waals surface area (Å²) in [4.78, 5) is 10.6. The average molecular weight is 260 g/mol. The quantitative estimate of drug-likeness (QED) is 0.759. The van der Waals surface area contributed by atoms with Crippen molar-refractivity contribution in [3.05, 3.63) is 47.3 Å². The zero-order valence-corrected chi connectivity index (χ0v) is 10.7. The molecule has 2 rings (SSSR count). The van der Waals surface area contributed by atoms with E-state index in [1.54, 1.807) is 0 Å². The second-order valence-corrected chi connectivity index (χ2v) is 4.33. The van der Waals surface area contributed by atoms with E-state index in [-0.39, 0.29) is 5.69 Å². The van der Waals surface area contributed by atoms with E-state index in [4.69, 9.17) is 5.11 Å². The fourth-order valence-corrected chi connectivity index (χ4v) is 1.64. The van der Waals surface area contributed by atoms with Crippen LogP contribution in [0.15, 0.2) is 30.5 Å².